The number of aliphatic carboxylic acids is 1. The largest absolute Gasteiger partial charge is 0.489 e. The van der Waals surface area contributed by atoms with Crippen LogP contribution >= 0.6 is 11.8 Å². The number of fused-ring (bicyclic) bond motifs is 1. The summed E-state index contributed by atoms with van der Waals surface area (Å²) in [5.74, 6) is 1.14. The van der Waals surface area contributed by atoms with Crippen molar-refractivity contribution in [2.75, 3.05) is 6.61 Å². The monoisotopic (exact) mass is 502 g/mol. The molecule has 0 spiro atoms. The Morgan fingerprint density at radius 3 is 2.29 bits per heavy atom. The Hall–Kier alpha value is -3.13. The summed E-state index contributed by atoms with van der Waals surface area (Å²) in [5.41, 5.74) is 4.43. The molecular weight excluding hydrogens is 477 g/mol. The number of carbonyl (C=O) groups is 1. The molecule has 0 heterocycles. The van der Waals surface area contributed by atoms with E-state index in [9.17, 15) is 18.0 Å². The number of aryl methyl sites for hydroxylation is 1. The van der Waals surface area contributed by atoms with Gasteiger partial charge in [0, 0.05) is 10.6 Å². The van der Waals surface area contributed by atoms with Gasteiger partial charge in [-0.2, -0.15) is 13.2 Å². The van der Waals surface area contributed by atoms with E-state index in [4.69, 9.17) is 14.6 Å². The van der Waals surface area contributed by atoms with Crippen molar-refractivity contribution >= 4 is 17.7 Å². The van der Waals surface area contributed by atoms with E-state index in [1.807, 2.05) is 31.2 Å². The van der Waals surface area contributed by atoms with Crippen molar-refractivity contribution in [2.45, 2.75) is 49.6 Å². The van der Waals surface area contributed by atoms with E-state index in [0.717, 1.165) is 53.8 Å². The molecule has 0 amide bonds. The molecule has 1 aliphatic rings. The van der Waals surface area contributed by atoms with Crippen molar-refractivity contribution in [1.29, 1.82) is 0 Å². The lowest BCUT2D eigenvalue weighted by molar-refractivity contribution is -0.139. The summed E-state index contributed by atoms with van der Waals surface area (Å²) >= 11 is 1.74. The van der Waals surface area contributed by atoms with Crippen LogP contribution in [0.15, 0.2) is 59.5 Å². The number of carboxylic acids is 1. The molecule has 0 radical (unpaired) electrons. The first-order valence-electron chi connectivity index (χ1n) is 11.2. The molecule has 0 aromatic heterocycles. The number of hydrogen-bond donors (Lipinski definition) is 1. The van der Waals surface area contributed by atoms with Crippen molar-refractivity contribution in [3.8, 4) is 11.5 Å². The molecule has 0 fully saturated rings. The van der Waals surface area contributed by atoms with Gasteiger partial charge in [0.25, 0.3) is 0 Å². The molecule has 1 N–H and O–H groups in total. The van der Waals surface area contributed by atoms with Crippen molar-refractivity contribution in [1.82, 2.24) is 0 Å². The van der Waals surface area contributed by atoms with E-state index >= 15 is 0 Å². The molecule has 184 valence electrons. The lowest BCUT2D eigenvalue weighted by Gasteiger charge is -2.16. The number of carboxylic acid groups (broad SMARTS) is 1. The van der Waals surface area contributed by atoms with Crippen LogP contribution in [0.4, 0.5) is 13.2 Å². The number of thioether (sulfide) groups is 1. The topological polar surface area (TPSA) is 55.8 Å². The highest BCUT2D eigenvalue weighted by atomic mass is 32.2. The minimum atomic E-state index is -4.35. The van der Waals surface area contributed by atoms with Gasteiger partial charge in [-0.25, -0.2) is 4.79 Å². The zero-order valence-electron chi connectivity index (χ0n) is 19.2. The van der Waals surface area contributed by atoms with E-state index < -0.39 is 17.7 Å². The number of halogens is 3. The van der Waals surface area contributed by atoms with Gasteiger partial charge in [0.1, 0.15) is 18.1 Å². The molecule has 0 bridgehead atoms. The highest BCUT2D eigenvalue weighted by Gasteiger charge is 2.30. The number of ether oxygens (including phenoxy) is 2. The predicted molar refractivity (Wildman–Crippen MR) is 128 cm³/mol. The molecule has 0 atom stereocenters. The van der Waals surface area contributed by atoms with Crippen LogP contribution in [-0.2, 0) is 36.2 Å². The fourth-order valence-electron chi connectivity index (χ4n) is 4.12. The Kier molecular flexibility index (Phi) is 7.60. The van der Waals surface area contributed by atoms with Gasteiger partial charge >= 0.3 is 12.1 Å². The van der Waals surface area contributed by atoms with E-state index in [1.54, 1.807) is 11.8 Å². The second-order valence-electron chi connectivity index (χ2n) is 8.43. The number of hydrogen-bond acceptors (Lipinski definition) is 4. The standard InChI is InChI=1S/C27H25F3O4S/c1-17-13-24(22-3-2-4-23(22)26(17)34-15-25(31)32)35-16-19-7-11-21(12-8-19)33-14-18-5-9-20(10-6-18)27(28,29)30/h5-13H,2-4,14-16H2,1H3,(H,31,32). The van der Waals surface area contributed by atoms with E-state index in [-0.39, 0.29) is 13.2 Å². The van der Waals surface area contributed by atoms with E-state index in [2.05, 4.69) is 6.07 Å². The zero-order chi connectivity index (χ0) is 25.0. The average molecular weight is 503 g/mol. The maximum atomic E-state index is 12.7. The number of benzene rings is 3. The summed E-state index contributed by atoms with van der Waals surface area (Å²) in [7, 11) is 0. The first-order valence-corrected chi connectivity index (χ1v) is 12.2. The lowest BCUT2D eigenvalue weighted by atomic mass is 10.1. The van der Waals surface area contributed by atoms with E-state index in [1.165, 1.54) is 22.6 Å². The van der Waals surface area contributed by atoms with Crippen LogP contribution in [0.5, 0.6) is 11.5 Å². The first-order chi connectivity index (χ1) is 16.7. The van der Waals surface area contributed by atoms with Gasteiger partial charge in [-0.1, -0.05) is 24.3 Å². The second kappa shape index (κ2) is 10.6. The van der Waals surface area contributed by atoms with Gasteiger partial charge in [0.2, 0.25) is 0 Å². The van der Waals surface area contributed by atoms with Crippen LogP contribution in [0, 0.1) is 6.92 Å². The van der Waals surface area contributed by atoms with Gasteiger partial charge in [-0.15, -0.1) is 11.8 Å². The van der Waals surface area contributed by atoms with Crippen LogP contribution < -0.4 is 9.47 Å². The Balaban J connectivity index is 1.35. The molecular formula is C27H25F3O4S. The van der Waals surface area contributed by atoms with Gasteiger partial charge in [-0.3, -0.25) is 0 Å². The molecule has 0 saturated carbocycles. The maximum absolute atomic E-state index is 12.7. The van der Waals surface area contributed by atoms with Crippen LogP contribution in [0.3, 0.4) is 0 Å². The van der Waals surface area contributed by atoms with Crippen LogP contribution in [0.1, 0.15) is 39.8 Å². The highest BCUT2D eigenvalue weighted by Crippen LogP contribution is 2.41. The maximum Gasteiger partial charge on any atom is 0.416 e. The van der Waals surface area contributed by atoms with Gasteiger partial charge in [-0.05, 0) is 84.3 Å². The Labute approximate surface area is 206 Å². The predicted octanol–water partition coefficient (Wildman–Crippen LogP) is 6.84. The number of alkyl halides is 3. The van der Waals surface area contributed by atoms with Crippen LogP contribution in [0.25, 0.3) is 0 Å². The average Bonchev–Trinajstić information content (AvgIpc) is 3.31. The molecule has 8 heteroatoms. The van der Waals surface area contributed by atoms with Gasteiger partial charge < -0.3 is 14.6 Å². The molecule has 0 saturated heterocycles. The van der Waals surface area contributed by atoms with Gasteiger partial charge in [0.15, 0.2) is 6.61 Å². The quantitative estimate of drug-likeness (QED) is 0.325. The third kappa shape index (κ3) is 6.31. The fourth-order valence-corrected chi connectivity index (χ4v) is 5.29. The molecule has 4 rings (SSSR count). The van der Waals surface area contributed by atoms with Crippen molar-refractivity contribution in [3.63, 3.8) is 0 Å². The zero-order valence-corrected chi connectivity index (χ0v) is 20.0. The molecule has 0 unspecified atom stereocenters. The molecule has 35 heavy (non-hydrogen) atoms. The molecule has 4 nitrogen and oxygen atoms in total. The SMILES string of the molecule is Cc1cc(SCc2ccc(OCc3ccc(C(F)(F)F)cc3)cc2)c2c(c1OCC(=O)O)CCC2. The summed E-state index contributed by atoms with van der Waals surface area (Å²) in [6.07, 6.45) is -1.47. The van der Waals surface area contributed by atoms with Crippen LogP contribution in [-0.4, -0.2) is 17.7 Å². The summed E-state index contributed by atoms with van der Waals surface area (Å²) in [6, 6.07) is 14.7. The lowest BCUT2D eigenvalue weighted by Crippen LogP contribution is -2.11. The van der Waals surface area contributed by atoms with Crippen molar-refractivity contribution in [2.24, 2.45) is 0 Å². The second-order valence-corrected chi connectivity index (χ2v) is 9.45. The molecule has 1 aliphatic carbocycles. The summed E-state index contributed by atoms with van der Waals surface area (Å²) in [4.78, 5) is 12.1. The minimum Gasteiger partial charge on any atom is -0.489 e. The number of rotatable bonds is 9. The summed E-state index contributed by atoms with van der Waals surface area (Å²) < 4.78 is 49.3. The third-order valence-corrected chi connectivity index (χ3v) is 6.99. The highest BCUT2D eigenvalue weighted by molar-refractivity contribution is 7.98. The molecule has 3 aromatic carbocycles. The molecule has 3 aromatic rings. The summed E-state index contributed by atoms with van der Waals surface area (Å²) in [6.45, 7) is 1.80. The fraction of sp³-hybridized carbons (Fsp3) is 0.296. The Bertz CT molecular complexity index is 1190. The van der Waals surface area contributed by atoms with E-state index in [0.29, 0.717) is 17.1 Å². The van der Waals surface area contributed by atoms with Crippen molar-refractivity contribution < 1.29 is 32.5 Å². The third-order valence-electron chi connectivity index (χ3n) is 5.84. The Morgan fingerprint density at radius 1 is 0.971 bits per heavy atom. The smallest absolute Gasteiger partial charge is 0.416 e. The first kappa shape index (κ1) is 25.0. The Morgan fingerprint density at radius 2 is 1.63 bits per heavy atom. The minimum absolute atomic E-state index is 0.188. The van der Waals surface area contributed by atoms with Crippen LogP contribution in [0.2, 0.25) is 0 Å². The summed E-state index contributed by atoms with van der Waals surface area (Å²) in [5, 5.41) is 8.95. The van der Waals surface area contributed by atoms with Gasteiger partial charge in [0.05, 0.1) is 5.56 Å². The molecule has 0 aliphatic heterocycles. The van der Waals surface area contributed by atoms with Crippen molar-refractivity contribution in [3.05, 3.63) is 88.0 Å². The normalized spacial score (nSPS) is 12.9.